The number of thiophene rings is 1. The van der Waals surface area contributed by atoms with Gasteiger partial charge in [0.05, 0.1) is 10.1 Å². The summed E-state index contributed by atoms with van der Waals surface area (Å²) < 4.78 is 5.59. The minimum absolute atomic E-state index is 0.0971. The van der Waals surface area contributed by atoms with Crippen LogP contribution in [0.15, 0.2) is 51.4 Å². The normalized spacial score (nSPS) is 12.1. The molecule has 2 heterocycles. The second-order valence-electron chi connectivity index (χ2n) is 4.91. The molecule has 1 atom stereocenters. The maximum absolute atomic E-state index is 12.3. The Bertz CT molecular complexity index is 799. The Morgan fingerprint density at radius 3 is 2.83 bits per heavy atom. The predicted molar refractivity (Wildman–Crippen MR) is 92.7 cm³/mol. The zero-order chi connectivity index (χ0) is 16.2. The van der Waals surface area contributed by atoms with E-state index in [4.69, 9.17) is 4.42 Å². The average molecular weight is 345 g/mol. The van der Waals surface area contributed by atoms with E-state index in [1.807, 2.05) is 55.6 Å². The number of hydrogen-bond donors (Lipinski definition) is 1. The van der Waals surface area contributed by atoms with E-state index in [1.54, 1.807) is 0 Å². The summed E-state index contributed by atoms with van der Waals surface area (Å²) in [6.07, 6.45) is 0. The van der Waals surface area contributed by atoms with E-state index in [1.165, 1.54) is 23.1 Å². The number of nitrogens with one attached hydrogen (secondary N) is 1. The second kappa shape index (κ2) is 6.97. The highest BCUT2D eigenvalue weighted by molar-refractivity contribution is 8.00. The highest BCUT2D eigenvalue weighted by atomic mass is 32.2. The zero-order valence-electron chi connectivity index (χ0n) is 12.6. The number of hydrogen-bond acceptors (Lipinski definition) is 6. The van der Waals surface area contributed by atoms with Crippen LogP contribution in [0.25, 0.3) is 10.8 Å². The lowest BCUT2D eigenvalue weighted by atomic mass is 10.2. The number of rotatable bonds is 5. The minimum Gasteiger partial charge on any atom is -0.410 e. The van der Waals surface area contributed by atoms with E-state index in [-0.39, 0.29) is 11.2 Å². The van der Waals surface area contributed by atoms with Gasteiger partial charge in [-0.3, -0.25) is 4.79 Å². The van der Waals surface area contributed by atoms with Gasteiger partial charge in [0.15, 0.2) is 0 Å². The van der Waals surface area contributed by atoms with Crippen LogP contribution in [0.1, 0.15) is 12.5 Å². The maximum Gasteiger partial charge on any atom is 0.277 e. The van der Waals surface area contributed by atoms with Gasteiger partial charge in [0.2, 0.25) is 5.91 Å². The minimum atomic E-state index is -0.341. The van der Waals surface area contributed by atoms with Crippen LogP contribution in [-0.2, 0) is 4.79 Å². The van der Waals surface area contributed by atoms with Crippen LogP contribution in [0.2, 0.25) is 0 Å². The van der Waals surface area contributed by atoms with Crippen molar-refractivity contribution >= 4 is 34.7 Å². The summed E-state index contributed by atoms with van der Waals surface area (Å²) in [6, 6.07) is 11.5. The average Bonchev–Trinajstić information content (AvgIpc) is 3.20. The molecule has 0 aliphatic carbocycles. The quantitative estimate of drug-likeness (QED) is 0.701. The van der Waals surface area contributed by atoms with Crippen molar-refractivity contribution < 1.29 is 9.21 Å². The Hall–Kier alpha value is -2.12. The number of amides is 1. The van der Waals surface area contributed by atoms with Gasteiger partial charge in [0.25, 0.3) is 11.1 Å². The molecule has 0 bridgehead atoms. The molecule has 3 rings (SSSR count). The van der Waals surface area contributed by atoms with E-state index in [0.717, 1.165) is 16.1 Å². The van der Waals surface area contributed by atoms with Gasteiger partial charge in [0, 0.05) is 5.69 Å². The molecule has 2 aromatic heterocycles. The molecule has 1 N–H and O–H groups in total. The van der Waals surface area contributed by atoms with Crippen LogP contribution < -0.4 is 5.32 Å². The Morgan fingerprint density at radius 2 is 2.09 bits per heavy atom. The number of thioether (sulfide) groups is 1. The third-order valence-corrected chi connectivity index (χ3v) is 4.98. The van der Waals surface area contributed by atoms with Crippen LogP contribution in [-0.4, -0.2) is 21.4 Å². The lowest BCUT2D eigenvalue weighted by molar-refractivity contribution is -0.115. The summed E-state index contributed by atoms with van der Waals surface area (Å²) in [6.45, 7) is 3.77. The van der Waals surface area contributed by atoms with Gasteiger partial charge in [-0.05, 0) is 36.9 Å². The van der Waals surface area contributed by atoms with Gasteiger partial charge in [-0.1, -0.05) is 36.0 Å². The fourth-order valence-electron chi connectivity index (χ4n) is 1.91. The van der Waals surface area contributed by atoms with Crippen molar-refractivity contribution in [1.82, 2.24) is 10.2 Å². The summed E-state index contributed by atoms with van der Waals surface area (Å²) in [7, 11) is 0. The van der Waals surface area contributed by atoms with Gasteiger partial charge in [-0.15, -0.1) is 21.5 Å². The van der Waals surface area contributed by atoms with Crippen LogP contribution in [0.4, 0.5) is 5.69 Å². The molecular formula is C16H15N3O2S2. The summed E-state index contributed by atoms with van der Waals surface area (Å²) in [4.78, 5) is 13.2. The molecule has 0 fully saturated rings. The number of benzene rings is 1. The van der Waals surface area contributed by atoms with E-state index < -0.39 is 0 Å². The van der Waals surface area contributed by atoms with E-state index in [0.29, 0.717) is 11.1 Å². The smallest absolute Gasteiger partial charge is 0.277 e. The summed E-state index contributed by atoms with van der Waals surface area (Å²) in [5.41, 5.74) is 1.84. The van der Waals surface area contributed by atoms with Gasteiger partial charge in [-0.2, -0.15) is 0 Å². The molecule has 0 aliphatic heterocycles. The molecule has 0 aliphatic rings. The molecule has 0 radical (unpaired) electrons. The Morgan fingerprint density at radius 1 is 1.26 bits per heavy atom. The van der Waals surface area contributed by atoms with Gasteiger partial charge >= 0.3 is 0 Å². The first-order valence-corrected chi connectivity index (χ1v) is 8.80. The number of aromatic nitrogens is 2. The highest BCUT2D eigenvalue weighted by Gasteiger charge is 2.19. The summed E-state index contributed by atoms with van der Waals surface area (Å²) in [5, 5.41) is 12.9. The van der Waals surface area contributed by atoms with Crippen molar-refractivity contribution in [1.29, 1.82) is 0 Å². The maximum atomic E-state index is 12.3. The highest BCUT2D eigenvalue weighted by Crippen LogP contribution is 2.29. The lowest BCUT2D eigenvalue weighted by Gasteiger charge is -2.11. The fourth-order valence-corrected chi connectivity index (χ4v) is 3.24. The SMILES string of the molecule is Cc1ccccc1NC(=O)[C@@H](C)Sc1nnc(-c2cccs2)o1. The first-order valence-electron chi connectivity index (χ1n) is 7.04. The van der Waals surface area contributed by atoms with Gasteiger partial charge in [0.1, 0.15) is 0 Å². The fraction of sp³-hybridized carbons (Fsp3) is 0.188. The standard InChI is InChI=1S/C16H15N3O2S2/c1-10-6-3-4-7-12(10)17-14(20)11(2)23-16-19-18-15(21-16)13-8-5-9-22-13/h3-9,11H,1-2H3,(H,17,20)/t11-/m1/s1. The molecule has 5 nitrogen and oxygen atoms in total. The van der Waals surface area contributed by atoms with Crippen molar-refractivity contribution in [3.63, 3.8) is 0 Å². The molecule has 1 aromatic carbocycles. The molecule has 0 spiro atoms. The molecule has 23 heavy (non-hydrogen) atoms. The summed E-state index contributed by atoms with van der Waals surface area (Å²) >= 11 is 2.78. The third-order valence-electron chi connectivity index (χ3n) is 3.19. The number of para-hydroxylation sites is 1. The van der Waals surface area contributed by atoms with Crippen LogP contribution >= 0.6 is 23.1 Å². The number of anilines is 1. The van der Waals surface area contributed by atoms with Crippen LogP contribution in [0.5, 0.6) is 0 Å². The van der Waals surface area contributed by atoms with Crippen molar-refractivity contribution in [3.05, 3.63) is 47.3 Å². The lowest BCUT2D eigenvalue weighted by Crippen LogP contribution is -2.22. The Labute approximate surface area is 142 Å². The molecule has 1 amide bonds. The van der Waals surface area contributed by atoms with E-state index in [9.17, 15) is 4.79 Å². The van der Waals surface area contributed by atoms with Crippen molar-refractivity contribution in [2.24, 2.45) is 0 Å². The predicted octanol–water partition coefficient (Wildman–Crippen LogP) is 4.23. The van der Waals surface area contributed by atoms with Crippen molar-refractivity contribution in [3.8, 4) is 10.8 Å². The van der Waals surface area contributed by atoms with Crippen molar-refractivity contribution in [2.45, 2.75) is 24.3 Å². The van der Waals surface area contributed by atoms with Gasteiger partial charge in [-0.25, -0.2) is 0 Å². The van der Waals surface area contributed by atoms with E-state index in [2.05, 4.69) is 15.5 Å². The van der Waals surface area contributed by atoms with Crippen LogP contribution in [0, 0.1) is 6.92 Å². The zero-order valence-corrected chi connectivity index (χ0v) is 14.3. The van der Waals surface area contributed by atoms with Crippen molar-refractivity contribution in [2.75, 3.05) is 5.32 Å². The first-order chi connectivity index (χ1) is 11.1. The third kappa shape index (κ3) is 3.80. The number of nitrogens with zero attached hydrogens (tertiary/aromatic N) is 2. The molecule has 0 unspecified atom stereocenters. The molecular weight excluding hydrogens is 330 g/mol. The monoisotopic (exact) mass is 345 g/mol. The largest absolute Gasteiger partial charge is 0.410 e. The first kappa shape index (κ1) is 15.8. The number of aryl methyl sites for hydroxylation is 1. The summed E-state index contributed by atoms with van der Waals surface area (Å²) in [5.74, 6) is 0.384. The second-order valence-corrected chi connectivity index (χ2v) is 7.15. The van der Waals surface area contributed by atoms with E-state index >= 15 is 0 Å². The molecule has 0 saturated heterocycles. The number of carbonyl (C=O) groups is 1. The Kier molecular flexibility index (Phi) is 4.78. The Balaban J connectivity index is 1.64. The van der Waals surface area contributed by atoms with Gasteiger partial charge < -0.3 is 9.73 Å². The number of carbonyl (C=O) groups excluding carboxylic acids is 1. The molecule has 7 heteroatoms. The van der Waals surface area contributed by atoms with Crippen LogP contribution in [0.3, 0.4) is 0 Å². The molecule has 0 saturated carbocycles. The molecule has 3 aromatic rings. The topological polar surface area (TPSA) is 68.0 Å². The molecule has 118 valence electrons.